The summed E-state index contributed by atoms with van der Waals surface area (Å²) in [6.45, 7) is 6.28. The topological polar surface area (TPSA) is 66.0 Å². The Morgan fingerprint density at radius 1 is 1.33 bits per heavy atom. The van der Waals surface area contributed by atoms with Crippen molar-refractivity contribution in [3.8, 4) is 0 Å². The van der Waals surface area contributed by atoms with E-state index in [1.165, 1.54) is 16.6 Å². The molecule has 6 heteroatoms. The quantitative estimate of drug-likeness (QED) is 0.745. The van der Waals surface area contributed by atoms with E-state index >= 15 is 0 Å². The molecule has 0 spiro atoms. The fraction of sp³-hybridized carbons (Fsp3) is 0.429. The van der Waals surface area contributed by atoms with E-state index in [9.17, 15) is 4.79 Å². The lowest BCUT2D eigenvalue weighted by atomic mass is 10.1. The molecule has 2 amide bonds. The fourth-order valence-electron chi connectivity index (χ4n) is 3.92. The average Bonchev–Trinajstić information content (AvgIpc) is 3.25. The number of amides is 2. The molecule has 0 radical (unpaired) electrons. The predicted molar refractivity (Wildman–Crippen MR) is 107 cm³/mol. The number of H-pyrrole nitrogens is 1. The van der Waals surface area contributed by atoms with E-state index in [0.29, 0.717) is 19.0 Å². The van der Waals surface area contributed by atoms with Gasteiger partial charge >= 0.3 is 6.03 Å². The van der Waals surface area contributed by atoms with Crippen LogP contribution in [-0.2, 0) is 26.4 Å². The van der Waals surface area contributed by atoms with Crippen LogP contribution in [0, 0.1) is 0 Å². The van der Waals surface area contributed by atoms with E-state index in [4.69, 9.17) is 4.98 Å². The minimum absolute atomic E-state index is 0.000113. The van der Waals surface area contributed by atoms with Gasteiger partial charge in [-0.25, -0.2) is 9.78 Å². The molecule has 142 valence electrons. The number of benzene rings is 1. The Hall–Kier alpha value is -2.76. The van der Waals surface area contributed by atoms with Gasteiger partial charge in [0.15, 0.2) is 0 Å². The molecule has 0 unspecified atom stereocenters. The molecule has 0 bridgehead atoms. The first kappa shape index (κ1) is 17.6. The second-order valence-electron chi connectivity index (χ2n) is 7.63. The van der Waals surface area contributed by atoms with Crippen molar-refractivity contribution in [1.82, 2.24) is 24.8 Å². The van der Waals surface area contributed by atoms with Crippen LogP contribution in [-0.4, -0.2) is 38.6 Å². The zero-order valence-corrected chi connectivity index (χ0v) is 16.2. The molecule has 0 atom stereocenters. The summed E-state index contributed by atoms with van der Waals surface area (Å²) in [4.78, 5) is 22.4. The van der Waals surface area contributed by atoms with Crippen LogP contribution in [0.15, 0.2) is 30.5 Å². The van der Waals surface area contributed by atoms with Crippen LogP contribution in [0.4, 0.5) is 4.79 Å². The molecule has 1 aliphatic heterocycles. The third-order valence-corrected chi connectivity index (χ3v) is 5.40. The summed E-state index contributed by atoms with van der Waals surface area (Å²) in [5.74, 6) is 1.49. The maximum Gasteiger partial charge on any atom is 0.317 e. The Balaban J connectivity index is 1.34. The highest BCUT2D eigenvalue weighted by Gasteiger charge is 2.26. The van der Waals surface area contributed by atoms with Crippen LogP contribution >= 0.6 is 0 Å². The zero-order chi connectivity index (χ0) is 19.0. The maximum atomic E-state index is 12.6. The van der Waals surface area contributed by atoms with Crippen molar-refractivity contribution < 1.29 is 4.79 Å². The number of nitrogens with one attached hydrogen (secondary N) is 2. The number of imidazole rings is 1. The lowest BCUT2D eigenvalue weighted by molar-refractivity contribution is 0.191. The number of aromatic amines is 1. The van der Waals surface area contributed by atoms with Gasteiger partial charge in [0.2, 0.25) is 0 Å². The van der Waals surface area contributed by atoms with E-state index in [2.05, 4.69) is 60.0 Å². The van der Waals surface area contributed by atoms with Gasteiger partial charge in [0.1, 0.15) is 5.82 Å². The maximum absolute atomic E-state index is 12.6. The largest absolute Gasteiger partial charge is 0.361 e. The number of hydrogen-bond acceptors (Lipinski definition) is 2. The third kappa shape index (κ3) is 3.44. The summed E-state index contributed by atoms with van der Waals surface area (Å²) in [6, 6.07) is 8.44. The molecule has 0 saturated carbocycles. The molecule has 1 aliphatic rings. The summed E-state index contributed by atoms with van der Waals surface area (Å²) in [5.41, 5.74) is 4.68. The van der Waals surface area contributed by atoms with Crippen LogP contribution in [0.3, 0.4) is 0 Å². The van der Waals surface area contributed by atoms with Gasteiger partial charge in [0.25, 0.3) is 0 Å². The third-order valence-electron chi connectivity index (χ3n) is 5.40. The number of carbonyl (C=O) groups is 1. The van der Waals surface area contributed by atoms with Crippen LogP contribution in [0.1, 0.15) is 42.5 Å². The summed E-state index contributed by atoms with van der Waals surface area (Å²) >= 11 is 0. The lowest BCUT2D eigenvalue weighted by Crippen LogP contribution is -2.43. The standard InChI is InChI=1S/C21H27N5O/c1-14(2)20-24-18-13-26(11-8-19(18)25(20)3)21(27)23-9-6-15-4-5-17-16(12-15)7-10-22-17/h4-5,7,10,12,14,22H,6,8-9,11,13H2,1-3H3,(H,23,27). The van der Waals surface area contributed by atoms with E-state index in [-0.39, 0.29) is 6.03 Å². The molecular formula is C21H27N5O. The van der Waals surface area contributed by atoms with Gasteiger partial charge in [0.05, 0.1) is 12.2 Å². The Kier molecular flexibility index (Phi) is 4.64. The zero-order valence-electron chi connectivity index (χ0n) is 16.2. The van der Waals surface area contributed by atoms with Gasteiger partial charge in [0, 0.05) is 49.9 Å². The predicted octanol–water partition coefficient (Wildman–Crippen LogP) is 3.34. The van der Waals surface area contributed by atoms with Crippen molar-refractivity contribution in [3.63, 3.8) is 0 Å². The second kappa shape index (κ2) is 7.10. The number of nitrogens with zero attached hydrogens (tertiary/aromatic N) is 3. The number of hydrogen-bond donors (Lipinski definition) is 2. The highest BCUT2D eigenvalue weighted by atomic mass is 16.2. The molecule has 3 aromatic rings. The van der Waals surface area contributed by atoms with Gasteiger partial charge in [-0.3, -0.25) is 0 Å². The lowest BCUT2D eigenvalue weighted by Gasteiger charge is -2.27. The highest BCUT2D eigenvalue weighted by molar-refractivity contribution is 5.80. The Labute approximate surface area is 159 Å². The van der Waals surface area contributed by atoms with Crippen molar-refractivity contribution in [1.29, 1.82) is 0 Å². The number of fused-ring (bicyclic) bond motifs is 2. The SMILES string of the molecule is CC(C)c1nc2c(n1C)CCN(C(=O)NCCc1ccc3[nH]ccc3c1)C2. The number of rotatable bonds is 4. The average molecular weight is 365 g/mol. The number of urea groups is 1. The van der Waals surface area contributed by atoms with Crippen molar-refractivity contribution in [2.24, 2.45) is 7.05 Å². The van der Waals surface area contributed by atoms with Crippen LogP contribution in [0.2, 0.25) is 0 Å². The fourth-order valence-corrected chi connectivity index (χ4v) is 3.92. The molecule has 27 heavy (non-hydrogen) atoms. The van der Waals surface area contributed by atoms with E-state index in [1.54, 1.807) is 0 Å². The van der Waals surface area contributed by atoms with Gasteiger partial charge in [-0.2, -0.15) is 0 Å². The highest BCUT2D eigenvalue weighted by Crippen LogP contribution is 2.23. The molecule has 3 heterocycles. The molecule has 0 saturated heterocycles. The van der Waals surface area contributed by atoms with Crippen molar-refractivity contribution >= 4 is 16.9 Å². The van der Waals surface area contributed by atoms with Gasteiger partial charge in [-0.15, -0.1) is 0 Å². The van der Waals surface area contributed by atoms with Gasteiger partial charge in [-0.1, -0.05) is 19.9 Å². The molecule has 2 N–H and O–H groups in total. The first-order valence-corrected chi connectivity index (χ1v) is 9.66. The van der Waals surface area contributed by atoms with Crippen LogP contribution < -0.4 is 5.32 Å². The smallest absolute Gasteiger partial charge is 0.317 e. The minimum Gasteiger partial charge on any atom is -0.361 e. The van der Waals surface area contributed by atoms with E-state index < -0.39 is 0 Å². The molecule has 0 aliphatic carbocycles. The van der Waals surface area contributed by atoms with E-state index in [1.807, 2.05) is 11.1 Å². The molecular weight excluding hydrogens is 338 g/mol. The summed E-state index contributed by atoms with van der Waals surface area (Å²) in [5, 5.41) is 4.27. The summed E-state index contributed by atoms with van der Waals surface area (Å²) in [7, 11) is 2.08. The summed E-state index contributed by atoms with van der Waals surface area (Å²) in [6.07, 6.45) is 3.64. The number of aromatic nitrogens is 3. The van der Waals surface area contributed by atoms with Gasteiger partial charge < -0.3 is 19.8 Å². The Morgan fingerprint density at radius 2 is 2.19 bits per heavy atom. The molecule has 2 aromatic heterocycles. The molecule has 1 aromatic carbocycles. The number of carbonyl (C=O) groups excluding carboxylic acids is 1. The van der Waals surface area contributed by atoms with Crippen molar-refractivity contribution in [2.75, 3.05) is 13.1 Å². The van der Waals surface area contributed by atoms with Crippen molar-refractivity contribution in [3.05, 3.63) is 53.2 Å². The molecule has 6 nitrogen and oxygen atoms in total. The second-order valence-corrected chi connectivity index (χ2v) is 7.63. The first-order chi connectivity index (χ1) is 13.0. The molecule has 4 rings (SSSR count). The normalized spacial score (nSPS) is 14.0. The Morgan fingerprint density at radius 3 is 3.00 bits per heavy atom. The molecule has 0 fully saturated rings. The first-order valence-electron chi connectivity index (χ1n) is 9.66. The van der Waals surface area contributed by atoms with Crippen LogP contribution in [0.5, 0.6) is 0 Å². The monoisotopic (exact) mass is 365 g/mol. The Bertz CT molecular complexity index is 968. The minimum atomic E-state index is 0.000113. The van der Waals surface area contributed by atoms with Crippen LogP contribution in [0.25, 0.3) is 10.9 Å². The van der Waals surface area contributed by atoms with Gasteiger partial charge in [-0.05, 0) is 35.6 Å². The van der Waals surface area contributed by atoms with Crippen molar-refractivity contribution in [2.45, 2.75) is 39.2 Å². The van der Waals surface area contributed by atoms with E-state index in [0.717, 1.165) is 36.4 Å². The summed E-state index contributed by atoms with van der Waals surface area (Å²) < 4.78 is 2.20.